The van der Waals surface area contributed by atoms with E-state index in [2.05, 4.69) is 4.99 Å². The highest BCUT2D eigenvalue weighted by atomic mass is 19.4. The zero-order chi connectivity index (χ0) is 20.9. The van der Waals surface area contributed by atoms with E-state index in [0.29, 0.717) is 35.4 Å². The van der Waals surface area contributed by atoms with E-state index in [0.717, 1.165) is 12.1 Å². The summed E-state index contributed by atoms with van der Waals surface area (Å²) in [5.74, 6) is -2.23. The fourth-order valence-electron chi connectivity index (χ4n) is 4.12. The van der Waals surface area contributed by atoms with Crippen molar-refractivity contribution in [2.75, 3.05) is 7.11 Å². The molecule has 0 N–H and O–H groups in total. The van der Waals surface area contributed by atoms with Crippen LogP contribution in [0.4, 0.5) is 13.2 Å². The molecule has 1 aliphatic heterocycles. The van der Waals surface area contributed by atoms with Crippen molar-refractivity contribution >= 4 is 17.5 Å². The fraction of sp³-hybridized carbons (Fsp3) is 0.476. The Morgan fingerprint density at radius 1 is 1.18 bits per heavy atom. The first-order chi connectivity index (χ1) is 12.9. The van der Waals surface area contributed by atoms with Crippen molar-refractivity contribution < 1.29 is 27.5 Å². The summed E-state index contributed by atoms with van der Waals surface area (Å²) in [5, 5.41) is 0. The van der Waals surface area contributed by atoms with Crippen LogP contribution in [0, 0.1) is 11.3 Å². The number of rotatable bonds is 2. The molecule has 0 bridgehead atoms. The van der Waals surface area contributed by atoms with Gasteiger partial charge in [-0.3, -0.25) is 14.6 Å². The molecule has 1 heterocycles. The highest BCUT2D eigenvalue weighted by Crippen LogP contribution is 2.48. The number of alkyl halides is 3. The molecule has 2 aliphatic rings. The van der Waals surface area contributed by atoms with Crippen molar-refractivity contribution in [3.05, 3.63) is 46.7 Å². The molecule has 7 heteroatoms. The summed E-state index contributed by atoms with van der Waals surface area (Å²) in [7, 11) is 1.25. The van der Waals surface area contributed by atoms with E-state index in [9.17, 15) is 22.8 Å². The van der Waals surface area contributed by atoms with E-state index in [1.54, 1.807) is 6.92 Å². The Labute approximate surface area is 161 Å². The van der Waals surface area contributed by atoms with Gasteiger partial charge in [-0.05, 0) is 36.5 Å². The summed E-state index contributed by atoms with van der Waals surface area (Å²) >= 11 is 0. The first kappa shape index (κ1) is 20.3. The maximum Gasteiger partial charge on any atom is 0.416 e. The number of carbonyl (C=O) groups is 2. The summed E-state index contributed by atoms with van der Waals surface area (Å²) in [4.78, 5) is 30.0. The normalized spacial score (nSPS) is 24.5. The minimum atomic E-state index is -4.46. The summed E-state index contributed by atoms with van der Waals surface area (Å²) < 4.78 is 43.7. The number of ether oxygens (including phenoxy) is 1. The number of carbonyl (C=O) groups excluding carboxylic acids is 2. The highest BCUT2D eigenvalue weighted by Gasteiger charge is 2.46. The number of hydrogen-bond acceptors (Lipinski definition) is 4. The first-order valence-electron chi connectivity index (χ1n) is 9.01. The lowest BCUT2D eigenvalue weighted by Gasteiger charge is -2.38. The van der Waals surface area contributed by atoms with Crippen molar-refractivity contribution in [2.45, 2.75) is 45.7 Å². The van der Waals surface area contributed by atoms with Crippen LogP contribution in [-0.4, -0.2) is 24.6 Å². The molecule has 0 aromatic heterocycles. The van der Waals surface area contributed by atoms with Crippen molar-refractivity contribution in [1.29, 1.82) is 0 Å². The van der Waals surface area contributed by atoms with Gasteiger partial charge in [0.05, 0.1) is 12.7 Å². The zero-order valence-corrected chi connectivity index (χ0v) is 16.2. The predicted molar refractivity (Wildman–Crippen MR) is 97.8 cm³/mol. The van der Waals surface area contributed by atoms with Gasteiger partial charge in [-0.15, -0.1) is 0 Å². The van der Waals surface area contributed by atoms with Gasteiger partial charge in [0.2, 0.25) is 0 Å². The van der Waals surface area contributed by atoms with Crippen molar-refractivity contribution in [3.63, 3.8) is 0 Å². The summed E-state index contributed by atoms with van der Waals surface area (Å²) in [6.45, 7) is 5.63. The lowest BCUT2D eigenvalue weighted by Crippen LogP contribution is -2.39. The maximum absolute atomic E-state index is 13.0. The van der Waals surface area contributed by atoms with Gasteiger partial charge < -0.3 is 4.74 Å². The molecule has 150 valence electrons. The van der Waals surface area contributed by atoms with Crippen molar-refractivity contribution in [1.82, 2.24) is 0 Å². The minimum absolute atomic E-state index is 0.124. The molecule has 1 aromatic carbocycles. The number of allylic oxidation sites excluding steroid dienone is 2. The first-order valence-corrected chi connectivity index (χ1v) is 9.01. The minimum Gasteiger partial charge on any atom is -0.468 e. The molecule has 0 amide bonds. The van der Waals surface area contributed by atoms with E-state index in [1.807, 2.05) is 13.8 Å². The molecule has 0 saturated heterocycles. The molecular formula is C21H22F3NO3. The molecule has 0 fully saturated rings. The van der Waals surface area contributed by atoms with Crippen LogP contribution in [0.1, 0.15) is 50.7 Å². The summed E-state index contributed by atoms with van der Waals surface area (Å²) in [5.41, 5.74) is 0.961. The van der Waals surface area contributed by atoms with Crippen LogP contribution in [-0.2, 0) is 20.5 Å². The molecule has 1 aromatic rings. The second-order valence-electron chi connectivity index (χ2n) is 8.15. The molecule has 0 radical (unpaired) electrons. The third kappa shape index (κ3) is 3.62. The second kappa shape index (κ2) is 6.87. The fourth-order valence-corrected chi connectivity index (χ4v) is 4.12. The SMILES string of the molecule is COC(=O)C1C(C)=NC2=C(C(=O)CC(C)(C)C2)[C@@H]1c1ccc(C(F)(F)F)cc1. The third-order valence-electron chi connectivity index (χ3n) is 5.35. The van der Waals surface area contributed by atoms with E-state index in [4.69, 9.17) is 4.74 Å². The standard InChI is InChI=1S/C21H22F3NO3/c1-11-16(19(27)28-4)17(12-5-7-13(8-6-12)21(22,23)24)18-14(25-11)9-20(2,3)10-15(18)26/h5-8,16-17H,9-10H2,1-4H3/t16?,17-/m1/s1. The van der Waals surface area contributed by atoms with Gasteiger partial charge in [0.25, 0.3) is 0 Å². The maximum atomic E-state index is 13.0. The van der Waals surface area contributed by atoms with Gasteiger partial charge in [-0.25, -0.2) is 0 Å². The monoisotopic (exact) mass is 393 g/mol. The average Bonchev–Trinajstić information content (AvgIpc) is 2.58. The van der Waals surface area contributed by atoms with Gasteiger partial charge >= 0.3 is 12.1 Å². The van der Waals surface area contributed by atoms with Gasteiger partial charge in [0, 0.05) is 29.3 Å². The molecular weight excluding hydrogens is 371 g/mol. The predicted octanol–water partition coefficient (Wildman–Crippen LogP) is 4.70. The number of halogens is 3. The number of aliphatic imine (C=N–C) groups is 1. The van der Waals surface area contributed by atoms with E-state index < -0.39 is 29.5 Å². The summed E-state index contributed by atoms with van der Waals surface area (Å²) in [6.07, 6.45) is -3.60. The Hall–Kier alpha value is -2.44. The molecule has 1 aliphatic carbocycles. The van der Waals surface area contributed by atoms with Crippen LogP contribution < -0.4 is 0 Å². The van der Waals surface area contributed by atoms with Gasteiger partial charge in [0.15, 0.2) is 5.78 Å². The lowest BCUT2D eigenvalue weighted by molar-refractivity contribution is -0.143. The smallest absolute Gasteiger partial charge is 0.416 e. The van der Waals surface area contributed by atoms with Crippen molar-refractivity contribution in [2.24, 2.45) is 16.3 Å². The van der Waals surface area contributed by atoms with E-state index >= 15 is 0 Å². The molecule has 28 heavy (non-hydrogen) atoms. The van der Waals surface area contributed by atoms with Crippen LogP contribution in [0.25, 0.3) is 0 Å². The van der Waals surface area contributed by atoms with Crippen LogP contribution >= 0.6 is 0 Å². The topological polar surface area (TPSA) is 55.7 Å². The molecule has 0 saturated carbocycles. The second-order valence-corrected chi connectivity index (χ2v) is 8.15. The third-order valence-corrected chi connectivity index (χ3v) is 5.35. The number of nitrogens with zero attached hydrogens (tertiary/aromatic N) is 1. The number of hydrogen-bond donors (Lipinski definition) is 0. The van der Waals surface area contributed by atoms with Crippen LogP contribution in [0.5, 0.6) is 0 Å². The molecule has 3 rings (SSSR count). The van der Waals surface area contributed by atoms with Crippen LogP contribution in [0.2, 0.25) is 0 Å². The van der Waals surface area contributed by atoms with Gasteiger partial charge in [-0.2, -0.15) is 13.2 Å². The van der Waals surface area contributed by atoms with Crippen molar-refractivity contribution in [3.8, 4) is 0 Å². The number of esters is 1. The lowest BCUT2D eigenvalue weighted by atomic mass is 9.67. The molecule has 1 unspecified atom stereocenters. The molecule has 2 atom stereocenters. The van der Waals surface area contributed by atoms with Gasteiger partial charge in [0.1, 0.15) is 5.92 Å². The number of benzene rings is 1. The summed E-state index contributed by atoms with van der Waals surface area (Å²) in [6, 6.07) is 4.61. The Balaban J connectivity index is 2.15. The molecule has 0 spiro atoms. The number of ketones is 1. The number of methoxy groups -OCH3 is 1. The van der Waals surface area contributed by atoms with Crippen LogP contribution in [0.15, 0.2) is 40.5 Å². The van der Waals surface area contributed by atoms with Gasteiger partial charge in [-0.1, -0.05) is 26.0 Å². The van der Waals surface area contributed by atoms with E-state index in [1.165, 1.54) is 19.2 Å². The quantitative estimate of drug-likeness (QED) is 0.685. The Kier molecular flexibility index (Phi) is 4.98. The Morgan fingerprint density at radius 3 is 2.32 bits per heavy atom. The zero-order valence-electron chi connectivity index (χ0n) is 16.2. The largest absolute Gasteiger partial charge is 0.468 e. The van der Waals surface area contributed by atoms with Crippen LogP contribution in [0.3, 0.4) is 0 Å². The number of Topliss-reactive ketones (excluding diaryl/α,β-unsaturated/α-hetero) is 1. The highest BCUT2D eigenvalue weighted by molar-refractivity contribution is 6.09. The Bertz CT molecular complexity index is 879. The Morgan fingerprint density at radius 2 is 1.79 bits per heavy atom. The van der Waals surface area contributed by atoms with E-state index in [-0.39, 0.29) is 11.2 Å². The average molecular weight is 393 g/mol. The molecule has 4 nitrogen and oxygen atoms in total.